The molecule has 0 spiro atoms. The highest BCUT2D eigenvalue weighted by Crippen LogP contribution is 2.28. The lowest BCUT2D eigenvalue weighted by molar-refractivity contribution is -0.384. The van der Waals surface area contributed by atoms with E-state index in [4.69, 9.17) is 5.73 Å². The molecule has 1 aliphatic rings. The second-order valence-electron chi connectivity index (χ2n) is 5.56. The molecular formula is C17H14N6O2. The number of aromatic nitrogens is 3. The van der Waals surface area contributed by atoms with E-state index in [1.807, 2.05) is 34.9 Å². The van der Waals surface area contributed by atoms with Crippen LogP contribution < -0.4 is 5.73 Å². The predicted octanol–water partition coefficient (Wildman–Crippen LogP) is 1.99. The number of benzene rings is 2. The molecule has 2 heterocycles. The molecule has 1 aromatic heterocycles. The van der Waals surface area contributed by atoms with Crippen LogP contribution in [0.15, 0.2) is 53.5 Å². The maximum absolute atomic E-state index is 11.2. The van der Waals surface area contributed by atoms with Crippen LogP contribution in [0.5, 0.6) is 0 Å². The zero-order valence-electron chi connectivity index (χ0n) is 13.2. The minimum absolute atomic E-state index is 0.00760. The van der Waals surface area contributed by atoms with Gasteiger partial charge < -0.3 is 5.73 Å². The van der Waals surface area contributed by atoms with Crippen LogP contribution in [-0.4, -0.2) is 25.4 Å². The quantitative estimate of drug-likeness (QED) is 0.581. The SMILES string of the molecule is NCc1nnc2n1-c1ccc([N+](=O)[O-])cc1C(c1ccccc1)=NC2. The molecule has 0 fully saturated rings. The summed E-state index contributed by atoms with van der Waals surface area (Å²) in [7, 11) is 0. The summed E-state index contributed by atoms with van der Waals surface area (Å²) < 4.78 is 1.83. The Morgan fingerprint density at radius 2 is 1.96 bits per heavy atom. The number of nitrogens with two attached hydrogens (primary N) is 1. The molecule has 25 heavy (non-hydrogen) atoms. The molecule has 124 valence electrons. The van der Waals surface area contributed by atoms with Gasteiger partial charge in [0.15, 0.2) is 11.6 Å². The summed E-state index contributed by atoms with van der Waals surface area (Å²) in [5.74, 6) is 1.25. The molecule has 2 aromatic carbocycles. The minimum atomic E-state index is -0.412. The van der Waals surface area contributed by atoms with Gasteiger partial charge in [-0.3, -0.25) is 19.7 Å². The van der Waals surface area contributed by atoms with Crippen LogP contribution in [0.2, 0.25) is 0 Å². The first kappa shape index (κ1) is 15.2. The molecule has 8 heteroatoms. The number of nitro benzene ring substituents is 1. The standard InChI is InChI=1S/C17H14N6O2/c18-9-15-20-21-16-10-19-17(11-4-2-1-3-5-11)13-8-12(23(24)25)6-7-14(13)22(15)16/h1-8H,9-10,18H2. The van der Waals surface area contributed by atoms with E-state index >= 15 is 0 Å². The average molecular weight is 334 g/mol. The van der Waals surface area contributed by atoms with E-state index in [1.165, 1.54) is 12.1 Å². The van der Waals surface area contributed by atoms with Crippen LogP contribution in [0.3, 0.4) is 0 Å². The molecule has 4 rings (SSSR count). The van der Waals surface area contributed by atoms with Crippen molar-refractivity contribution in [2.45, 2.75) is 13.1 Å². The summed E-state index contributed by atoms with van der Waals surface area (Å²) in [6, 6.07) is 14.3. The molecule has 0 amide bonds. The van der Waals surface area contributed by atoms with Gasteiger partial charge in [-0.05, 0) is 6.07 Å². The number of nitro groups is 1. The third kappa shape index (κ3) is 2.48. The molecule has 0 aliphatic carbocycles. The molecular weight excluding hydrogens is 320 g/mol. The van der Waals surface area contributed by atoms with Gasteiger partial charge >= 0.3 is 0 Å². The Hall–Kier alpha value is -3.39. The Morgan fingerprint density at radius 3 is 2.68 bits per heavy atom. The van der Waals surface area contributed by atoms with Crippen LogP contribution in [0.25, 0.3) is 5.69 Å². The first-order valence-corrected chi connectivity index (χ1v) is 7.71. The zero-order valence-corrected chi connectivity index (χ0v) is 13.2. The molecule has 0 radical (unpaired) electrons. The second-order valence-corrected chi connectivity index (χ2v) is 5.56. The number of aliphatic imine (C=N–C) groups is 1. The van der Waals surface area contributed by atoms with Crippen LogP contribution >= 0.6 is 0 Å². The summed E-state index contributed by atoms with van der Waals surface area (Å²) >= 11 is 0. The van der Waals surface area contributed by atoms with E-state index < -0.39 is 4.92 Å². The van der Waals surface area contributed by atoms with E-state index in [-0.39, 0.29) is 12.2 Å². The molecule has 8 nitrogen and oxygen atoms in total. The van der Waals surface area contributed by atoms with Crippen molar-refractivity contribution in [3.8, 4) is 5.69 Å². The molecule has 0 saturated heterocycles. The van der Waals surface area contributed by atoms with Crippen LogP contribution in [0, 0.1) is 10.1 Å². The molecule has 0 unspecified atom stereocenters. The summed E-state index contributed by atoms with van der Waals surface area (Å²) in [5.41, 5.74) is 8.77. The summed E-state index contributed by atoms with van der Waals surface area (Å²) in [6.07, 6.45) is 0. The van der Waals surface area contributed by atoms with Gasteiger partial charge in [-0.1, -0.05) is 30.3 Å². The van der Waals surface area contributed by atoms with Gasteiger partial charge in [0.2, 0.25) is 0 Å². The lowest BCUT2D eigenvalue weighted by Gasteiger charge is -2.12. The number of fused-ring (bicyclic) bond motifs is 3. The highest BCUT2D eigenvalue weighted by Gasteiger charge is 2.24. The largest absolute Gasteiger partial charge is 0.324 e. The predicted molar refractivity (Wildman–Crippen MR) is 91.7 cm³/mol. The van der Waals surface area contributed by atoms with Gasteiger partial charge in [0.05, 0.1) is 22.9 Å². The number of hydrogen-bond acceptors (Lipinski definition) is 6. The van der Waals surface area contributed by atoms with Crippen molar-refractivity contribution in [1.82, 2.24) is 14.8 Å². The topological polar surface area (TPSA) is 112 Å². The highest BCUT2D eigenvalue weighted by atomic mass is 16.6. The van der Waals surface area contributed by atoms with Crippen molar-refractivity contribution in [1.29, 1.82) is 0 Å². The Morgan fingerprint density at radius 1 is 1.16 bits per heavy atom. The summed E-state index contributed by atoms with van der Waals surface area (Å²) in [4.78, 5) is 15.5. The molecule has 0 saturated carbocycles. The first-order chi connectivity index (χ1) is 12.2. The van der Waals surface area contributed by atoms with Crippen molar-refractivity contribution >= 4 is 11.4 Å². The van der Waals surface area contributed by atoms with Crippen molar-refractivity contribution in [3.05, 3.63) is 81.4 Å². The second kappa shape index (κ2) is 5.91. The van der Waals surface area contributed by atoms with Crippen molar-refractivity contribution in [3.63, 3.8) is 0 Å². The lowest BCUT2D eigenvalue weighted by Crippen LogP contribution is -2.12. The highest BCUT2D eigenvalue weighted by molar-refractivity contribution is 6.15. The summed E-state index contributed by atoms with van der Waals surface area (Å²) in [6.45, 7) is 0.532. The number of non-ortho nitro benzene ring substituents is 1. The Balaban J connectivity index is 2.01. The van der Waals surface area contributed by atoms with Crippen LogP contribution in [0.4, 0.5) is 5.69 Å². The maximum atomic E-state index is 11.2. The average Bonchev–Trinajstić information content (AvgIpc) is 2.98. The first-order valence-electron chi connectivity index (χ1n) is 7.71. The van der Waals surface area contributed by atoms with Crippen molar-refractivity contribution < 1.29 is 4.92 Å². The molecule has 3 aromatic rings. The van der Waals surface area contributed by atoms with Gasteiger partial charge in [-0.2, -0.15) is 0 Å². The smallest absolute Gasteiger partial charge is 0.270 e. The van der Waals surface area contributed by atoms with E-state index in [0.29, 0.717) is 29.5 Å². The van der Waals surface area contributed by atoms with Crippen LogP contribution in [-0.2, 0) is 13.1 Å². The fourth-order valence-electron chi connectivity index (χ4n) is 2.97. The molecule has 0 atom stereocenters. The molecule has 1 aliphatic heterocycles. The molecule has 2 N–H and O–H groups in total. The minimum Gasteiger partial charge on any atom is -0.324 e. The normalized spacial score (nSPS) is 12.8. The Bertz CT molecular complexity index is 994. The van der Waals surface area contributed by atoms with Gasteiger partial charge in [0.25, 0.3) is 5.69 Å². The van der Waals surface area contributed by atoms with E-state index in [1.54, 1.807) is 6.07 Å². The zero-order chi connectivity index (χ0) is 17.4. The van der Waals surface area contributed by atoms with Gasteiger partial charge in [-0.25, -0.2) is 0 Å². The fourth-order valence-corrected chi connectivity index (χ4v) is 2.97. The third-order valence-corrected chi connectivity index (χ3v) is 4.09. The van der Waals surface area contributed by atoms with Gasteiger partial charge in [0, 0.05) is 23.3 Å². The van der Waals surface area contributed by atoms with Crippen molar-refractivity contribution in [2.24, 2.45) is 10.7 Å². The van der Waals surface area contributed by atoms with E-state index in [2.05, 4.69) is 15.2 Å². The number of hydrogen-bond donors (Lipinski definition) is 1. The third-order valence-electron chi connectivity index (χ3n) is 4.09. The number of nitrogens with zero attached hydrogens (tertiary/aromatic N) is 5. The fraction of sp³-hybridized carbons (Fsp3) is 0.118. The van der Waals surface area contributed by atoms with E-state index in [0.717, 1.165) is 11.3 Å². The Kier molecular flexibility index (Phi) is 3.58. The van der Waals surface area contributed by atoms with Crippen molar-refractivity contribution in [2.75, 3.05) is 0 Å². The Labute approximate surface area is 142 Å². The van der Waals surface area contributed by atoms with Crippen LogP contribution in [0.1, 0.15) is 22.8 Å². The van der Waals surface area contributed by atoms with E-state index in [9.17, 15) is 10.1 Å². The van der Waals surface area contributed by atoms with Gasteiger partial charge in [-0.15, -0.1) is 10.2 Å². The van der Waals surface area contributed by atoms with Gasteiger partial charge in [0.1, 0.15) is 6.54 Å². The molecule has 0 bridgehead atoms. The lowest BCUT2D eigenvalue weighted by atomic mass is 10.00. The number of rotatable bonds is 3. The maximum Gasteiger partial charge on any atom is 0.270 e. The monoisotopic (exact) mass is 334 g/mol. The summed E-state index contributed by atoms with van der Waals surface area (Å²) in [5, 5.41) is 19.5.